The largest absolute Gasteiger partial charge is 0.492 e. The lowest BCUT2D eigenvalue weighted by atomic mass is 10.0. The average Bonchev–Trinajstić information content (AvgIpc) is 2.80. The highest BCUT2D eigenvalue weighted by Gasteiger charge is 2.21. The fraction of sp³-hybridized carbons (Fsp3) is 0.391. The summed E-state index contributed by atoms with van der Waals surface area (Å²) >= 11 is 0. The molecule has 0 spiro atoms. The number of pyridine rings is 1. The maximum Gasteiger partial charge on any atom is 0.323 e. The lowest BCUT2D eigenvalue weighted by molar-refractivity contribution is -0.147. The number of aromatic nitrogens is 1. The van der Waals surface area contributed by atoms with Gasteiger partial charge in [-0.3, -0.25) is 14.8 Å². The fourth-order valence-electron chi connectivity index (χ4n) is 3.47. The molecule has 0 aliphatic carbocycles. The first-order chi connectivity index (χ1) is 15.1. The zero-order valence-corrected chi connectivity index (χ0v) is 17.8. The minimum atomic E-state index is -0.201. The maximum atomic E-state index is 12.1. The summed E-state index contributed by atoms with van der Waals surface area (Å²) in [6.07, 6.45) is 9.60. The first-order valence-corrected chi connectivity index (χ1v) is 10.5. The van der Waals surface area contributed by atoms with Crippen molar-refractivity contribution in [2.45, 2.75) is 38.6 Å². The molecule has 1 atom stereocenters. The van der Waals surface area contributed by atoms with E-state index in [9.17, 15) is 4.79 Å². The lowest BCUT2D eigenvalue weighted by Gasteiger charge is -2.21. The van der Waals surface area contributed by atoms with Gasteiger partial charge in [-0.2, -0.15) is 0 Å². The van der Waals surface area contributed by atoms with Crippen molar-refractivity contribution in [2.75, 3.05) is 25.5 Å². The van der Waals surface area contributed by atoms with Gasteiger partial charge in [-0.1, -0.05) is 6.42 Å². The Morgan fingerprint density at radius 1 is 1.39 bits per heavy atom. The number of nitrogens with zero attached hydrogens (tertiary/aromatic N) is 2. The number of ether oxygens (including phenoxy) is 2. The molecule has 2 aromatic rings. The second kappa shape index (κ2) is 11.2. The number of aliphatic imine (C=N–C) groups is 1. The first-order valence-electron chi connectivity index (χ1n) is 10.5. The summed E-state index contributed by atoms with van der Waals surface area (Å²) in [5, 5.41) is 11.7. The van der Waals surface area contributed by atoms with Crippen LogP contribution in [0.2, 0.25) is 0 Å². The SMILES string of the molecule is CC=N/C=C(\C=N)c1ccc2ncc(N)cc2c1OCCCOC(=O)[C@@H]1CCCCN1. The Morgan fingerprint density at radius 2 is 2.26 bits per heavy atom. The summed E-state index contributed by atoms with van der Waals surface area (Å²) in [5.74, 6) is 0.382. The third-order valence-electron chi connectivity index (χ3n) is 5.04. The predicted octanol–water partition coefficient (Wildman–Crippen LogP) is 3.35. The summed E-state index contributed by atoms with van der Waals surface area (Å²) < 4.78 is 11.5. The van der Waals surface area contributed by atoms with E-state index in [0.29, 0.717) is 30.0 Å². The predicted molar refractivity (Wildman–Crippen MR) is 124 cm³/mol. The van der Waals surface area contributed by atoms with Crippen LogP contribution in [0.5, 0.6) is 5.75 Å². The number of hydrogen-bond donors (Lipinski definition) is 3. The van der Waals surface area contributed by atoms with Gasteiger partial charge in [-0.15, -0.1) is 0 Å². The molecule has 1 aliphatic rings. The van der Waals surface area contributed by atoms with Crippen LogP contribution in [-0.2, 0) is 9.53 Å². The summed E-state index contributed by atoms with van der Waals surface area (Å²) in [5.41, 5.74) is 8.54. The number of piperidine rings is 1. The molecule has 164 valence electrons. The van der Waals surface area contributed by atoms with Crippen molar-refractivity contribution in [1.82, 2.24) is 10.3 Å². The van der Waals surface area contributed by atoms with Crippen LogP contribution >= 0.6 is 0 Å². The number of anilines is 1. The van der Waals surface area contributed by atoms with Crippen LogP contribution in [0.4, 0.5) is 5.69 Å². The fourth-order valence-corrected chi connectivity index (χ4v) is 3.47. The van der Waals surface area contributed by atoms with Crippen molar-refractivity contribution < 1.29 is 14.3 Å². The molecule has 0 saturated carbocycles. The highest BCUT2D eigenvalue weighted by atomic mass is 16.5. The van der Waals surface area contributed by atoms with Crippen molar-refractivity contribution in [3.63, 3.8) is 0 Å². The maximum absolute atomic E-state index is 12.1. The topological polar surface area (TPSA) is 123 Å². The minimum absolute atomic E-state index is 0.200. The third kappa shape index (κ3) is 5.88. The molecular weight excluding hydrogens is 394 g/mol. The summed E-state index contributed by atoms with van der Waals surface area (Å²) in [6.45, 7) is 3.29. The summed E-state index contributed by atoms with van der Waals surface area (Å²) in [6, 6.07) is 5.33. The van der Waals surface area contributed by atoms with Crippen molar-refractivity contribution in [3.8, 4) is 5.75 Å². The van der Waals surface area contributed by atoms with Gasteiger partial charge >= 0.3 is 5.97 Å². The quantitative estimate of drug-likeness (QED) is 0.323. The zero-order chi connectivity index (χ0) is 22.1. The van der Waals surface area contributed by atoms with E-state index in [4.69, 9.17) is 20.6 Å². The molecule has 2 heterocycles. The molecule has 3 rings (SSSR count). The van der Waals surface area contributed by atoms with E-state index < -0.39 is 0 Å². The van der Waals surface area contributed by atoms with Crippen LogP contribution in [0.25, 0.3) is 16.5 Å². The number of benzene rings is 1. The molecule has 0 bridgehead atoms. The monoisotopic (exact) mass is 423 g/mol. The second-order valence-electron chi connectivity index (χ2n) is 7.29. The van der Waals surface area contributed by atoms with Gasteiger partial charge in [-0.05, 0) is 44.5 Å². The van der Waals surface area contributed by atoms with Gasteiger partial charge < -0.3 is 25.9 Å². The Hall–Kier alpha value is -3.26. The molecule has 0 unspecified atom stereocenters. The Morgan fingerprint density at radius 3 is 3.00 bits per heavy atom. The van der Waals surface area contributed by atoms with E-state index in [1.165, 1.54) is 6.21 Å². The number of nitrogens with two attached hydrogens (primary N) is 1. The highest BCUT2D eigenvalue weighted by molar-refractivity contribution is 6.11. The van der Waals surface area contributed by atoms with Crippen LogP contribution in [-0.4, -0.2) is 49.2 Å². The van der Waals surface area contributed by atoms with Crippen LogP contribution in [0.3, 0.4) is 0 Å². The Balaban J connectivity index is 1.71. The number of esters is 1. The van der Waals surface area contributed by atoms with Crippen LogP contribution in [0.15, 0.2) is 35.6 Å². The standard InChI is InChI=1S/C23H29N5O3/c1-2-26-14-16(13-24)18-7-8-20-19(12-17(25)15-28-20)22(18)30-10-5-11-31-23(29)21-6-3-4-9-27-21/h2,7-8,12-15,21,24,27H,3-6,9-11,25H2,1H3/b16-14+,24-13?,26-2?/t21-/m0/s1. The Labute approximate surface area is 182 Å². The zero-order valence-electron chi connectivity index (χ0n) is 17.8. The second-order valence-corrected chi connectivity index (χ2v) is 7.29. The van der Waals surface area contributed by atoms with Crippen molar-refractivity contribution in [2.24, 2.45) is 4.99 Å². The third-order valence-corrected chi connectivity index (χ3v) is 5.04. The molecule has 1 aromatic carbocycles. The number of nitrogens with one attached hydrogen (secondary N) is 2. The highest BCUT2D eigenvalue weighted by Crippen LogP contribution is 2.34. The minimum Gasteiger partial charge on any atom is -0.492 e. The molecule has 1 fully saturated rings. The van der Waals surface area contributed by atoms with E-state index in [2.05, 4.69) is 15.3 Å². The van der Waals surface area contributed by atoms with Gasteiger partial charge in [0.2, 0.25) is 0 Å². The number of carbonyl (C=O) groups excluding carboxylic acids is 1. The molecule has 0 amide bonds. The molecule has 1 saturated heterocycles. The van der Waals surface area contributed by atoms with Gasteiger partial charge in [-0.25, -0.2) is 0 Å². The van der Waals surface area contributed by atoms with Crippen molar-refractivity contribution >= 4 is 40.6 Å². The van der Waals surface area contributed by atoms with Gasteiger partial charge in [0, 0.05) is 41.6 Å². The van der Waals surface area contributed by atoms with E-state index in [1.54, 1.807) is 24.7 Å². The number of fused-ring (bicyclic) bond motifs is 1. The van der Waals surface area contributed by atoms with E-state index in [1.807, 2.05) is 19.1 Å². The molecule has 4 N–H and O–H groups in total. The lowest BCUT2D eigenvalue weighted by Crippen LogP contribution is -2.41. The van der Waals surface area contributed by atoms with Gasteiger partial charge in [0.15, 0.2) is 0 Å². The number of nitrogen functional groups attached to an aromatic ring is 1. The van der Waals surface area contributed by atoms with Gasteiger partial charge in [0.25, 0.3) is 0 Å². The van der Waals surface area contributed by atoms with Gasteiger partial charge in [0.1, 0.15) is 11.8 Å². The van der Waals surface area contributed by atoms with Crippen LogP contribution < -0.4 is 15.8 Å². The smallest absolute Gasteiger partial charge is 0.323 e. The van der Waals surface area contributed by atoms with Crippen LogP contribution in [0, 0.1) is 5.41 Å². The molecule has 8 heteroatoms. The normalized spacial score (nSPS) is 17.1. The number of allylic oxidation sites excluding steroid dienone is 1. The van der Waals surface area contributed by atoms with E-state index >= 15 is 0 Å². The van der Waals surface area contributed by atoms with Crippen molar-refractivity contribution in [1.29, 1.82) is 5.41 Å². The van der Waals surface area contributed by atoms with Crippen LogP contribution in [0.1, 0.15) is 38.2 Å². The summed E-state index contributed by atoms with van der Waals surface area (Å²) in [4.78, 5) is 20.6. The Kier molecular flexibility index (Phi) is 8.12. The van der Waals surface area contributed by atoms with Gasteiger partial charge in [0.05, 0.1) is 30.6 Å². The molecule has 8 nitrogen and oxygen atoms in total. The molecular formula is C23H29N5O3. The summed E-state index contributed by atoms with van der Waals surface area (Å²) in [7, 11) is 0. The number of hydrogen-bond acceptors (Lipinski definition) is 8. The Bertz CT molecular complexity index is 981. The van der Waals surface area contributed by atoms with E-state index in [-0.39, 0.29) is 18.6 Å². The molecule has 31 heavy (non-hydrogen) atoms. The molecule has 1 aromatic heterocycles. The van der Waals surface area contributed by atoms with E-state index in [0.717, 1.165) is 42.3 Å². The average molecular weight is 424 g/mol. The molecule has 1 aliphatic heterocycles. The number of rotatable bonds is 9. The first kappa shape index (κ1) is 22.4. The number of carbonyl (C=O) groups is 1. The molecule has 0 radical (unpaired) electrons. The van der Waals surface area contributed by atoms with Crippen molar-refractivity contribution in [3.05, 3.63) is 36.2 Å².